The summed E-state index contributed by atoms with van der Waals surface area (Å²) in [5.74, 6) is 0.280. The zero-order chi connectivity index (χ0) is 20.8. The molecule has 0 spiro atoms. The average Bonchev–Trinajstić information content (AvgIpc) is 3.35. The maximum atomic E-state index is 13.3. The Balaban J connectivity index is 1.44. The largest absolute Gasteiger partial charge is 0.459 e. The Hall–Kier alpha value is -3.34. The maximum absolute atomic E-state index is 13.3. The van der Waals surface area contributed by atoms with Gasteiger partial charge in [0.2, 0.25) is 5.91 Å². The molecule has 4 rings (SSSR count). The monoisotopic (exact) mass is 402 g/mol. The first-order valence-corrected chi connectivity index (χ1v) is 10.4. The van der Waals surface area contributed by atoms with Gasteiger partial charge >= 0.3 is 0 Å². The molecule has 1 saturated heterocycles. The number of rotatable bonds is 6. The number of furan rings is 1. The molecule has 0 saturated carbocycles. The van der Waals surface area contributed by atoms with E-state index in [9.17, 15) is 9.59 Å². The van der Waals surface area contributed by atoms with Crippen molar-refractivity contribution in [3.8, 4) is 0 Å². The zero-order valence-corrected chi connectivity index (χ0v) is 16.9. The SMILES string of the molecule is O=C(NC(Cc1ccccc1)C(=O)N1CCC(c2ccccc2)CC1)c1ccco1. The van der Waals surface area contributed by atoms with Crippen molar-refractivity contribution in [3.63, 3.8) is 0 Å². The summed E-state index contributed by atoms with van der Waals surface area (Å²) in [6.07, 6.45) is 3.77. The summed E-state index contributed by atoms with van der Waals surface area (Å²) >= 11 is 0. The number of carbonyl (C=O) groups excluding carboxylic acids is 2. The summed E-state index contributed by atoms with van der Waals surface area (Å²) in [5, 5.41) is 2.88. The third kappa shape index (κ3) is 4.79. The molecule has 1 fully saturated rings. The molecule has 0 bridgehead atoms. The number of piperidine rings is 1. The van der Waals surface area contributed by atoms with Crippen LogP contribution < -0.4 is 5.32 Å². The Morgan fingerprint density at radius 1 is 0.933 bits per heavy atom. The van der Waals surface area contributed by atoms with Gasteiger partial charge in [0.1, 0.15) is 6.04 Å². The highest BCUT2D eigenvalue weighted by molar-refractivity contribution is 5.95. The van der Waals surface area contributed by atoms with Crippen molar-refractivity contribution in [2.75, 3.05) is 13.1 Å². The van der Waals surface area contributed by atoms with Crippen LogP contribution in [0.15, 0.2) is 83.5 Å². The number of carbonyl (C=O) groups is 2. The lowest BCUT2D eigenvalue weighted by atomic mass is 9.89. The van der Waals surface area contributed by atoms with E-state index in [1.165, 1.54) is 11.8 Å². The standard InChI is InChI=1S/C25H26N2O3/c28-24(23-12-7-17-30-23)26-22(18-19-8-3-1-4-9-19)25(29)27-15-13-21(14-16-27)20-10-5-2-6-11-20/h1-12,17,21-22H,13-16,18H2,(H,26,28). The molecular weight excluding hydrogens is 376 g/mol. The Morgan fingerprint density at radius 3 is 2.23 bits per heavy atom. The summed E-state index contributed by atoms with van der Waals surface area (Å²) in [5.41, 5.74) is 2.34. The second-order valence-electron chi connectivity index (χ2n) is 7.70. The Labute approximate surface area is 176 Å². The van der Waals surface area contributed by atoms with Gasteiger partial charge in [-0.2, -0.15) is 0 Å². The highest BCUT2D eigenvalue weighted by atomic mass is 16.3. The van der Waals surface area contributed by atoms with Crippen molar-refractivity contribution >= 4 is 11.8 Å². The molecule has 1 aliphatic rings. The van der Waals surface area contributed by atoms with Crippen LogP contribution in [0.3, 0.4) is 0 Å². The van der Waals surface area contributed by atoms with Gasteiger partial charge in [0.15, 0.2) is 5.76 Å². The fraction of sp³-hybridized carbons (Fsp3) is 0.280. The van der Waals surface area contributed by atoms with Crippen LogP contribution in [0.25, 0.3) is 0 Å². The van der Waals surface area contributed by atoms with E-state index in [1.807, 2.05) is 41.3 Å². The number of hydrogen-bond acceptors (Lipinski definition) is 3. The summed E-state index contributed by atoms with van der Waals surface area (Å²) in [6, 6.07) is 22.9. The van der Waals surface area contributed by atoms with E-state index >= 15 is 0 Å². The van der Waals surface area contributed by atoms with Gasteiger partial charge in [-0.3, -0.25) is 9.59 Å². The summed E-state index contributed by atoms with van der Waals surface area (Å²) in [4.78, 5) is 27.8. The van der Waals surface area contributed by atoms with E-state index < -0.39 is 6.04 Å². The molecule has 3 aromatic rings. The first-order chi connectivity index (χ1) is 14.7. The molecule has 1 N–H and O–H groups in total. The fourth-order valence-electron chi connectivity index (χ4n) is 4.07. The number of likely N-dealkylation sites (tertiary alicyclic amines) is 1. The van der Waals surface area contributed by atoms with E-state index in [-0.39, 0.29) is 17.6 Å². The van der Waals surface area contributed by atoms with Crippen LogP contribution in [0.2, 0.25) is 0 Å². The van der Waals surface area contributed by atoms with Gasteiger partial charge in [0, 0.05) is 19.5 Å². The molecule has 1 aromatic heterocycles. The molecule has 1 atom stereocenters. The molecule has 154 valence electrons. The number of nitrogens with zero attached hydrogens (tertiary/aromatic N) is 1. The molecule has 0 radical (unpaired) electrons. The molecule has 0 aliphatic carbocycles. The van der Waals surface area contributed by atoms with Crippen LogP contribution in [-0.2, 0) is 11.2 Å². The zero-order valence-electron chi connectivity index (χ0n) is 16.9. The van der Waals surface area contributed by atoms with Crippen LogP contribution in [-0.4, -0.2) is 35.8 Å². The minimum atomic E-state index is -0.627. The molecule has 1 aliphatic heterocycles. The lowest BCUT2D eigenvalue weighted by Crippen LogP contribution is -2.51. The third-order valence-electron chi connectivity index (χ3n) is 5.71. The topological polar surface area (TPSA) is 62.6 Å². The van der Waals surface area contributed by atoms with Crippen molar-refractivity contribution in [2.45, 2.75) is 31.2 Å². The van der Waals surface area contributed by atoms with E-state index in [2.05, 4.69) is 29.6 Å². The first-order valence-electron chi connectivity index (χ1n) is 10.4. The molecule has 1 unspecified atom stereocenters. The molecule has 2 aromatic carbocycles. The van der Waals surface area contributed by atoms with E-state index in [0.717, 1.165) is 18.4 Å². The predicted molar refractivity (Wildman–Crippen MR) is 115 cm³/mol. The minimum absolute atomic E-state index is 0.0368. The predicted octanol–water partition coefficient (Wildman–Crippen LogP) is 4.03. The fourth-order valence-corrected chi connectivity index (χ4v) is 4.07. The van der Waals surface area contributed by atoms with Crippen molar-refractivity contribution in [1.29, 1.82) is 0 Å². The van der Waals surface area contributed by atoms with Crippen LogP contribution in [0.1, 0.15) is 40.4 Å². The maximum Gasteiger partial charge on any atom is 0.287 e. The lowest BCUT2D eigenvalue weighted by molar-refractivity contribution is -0.134. The van der Waals surface area contributed by atoms with Gasteiger partial charge in [-0.05, 0) is 42.0 Å². The average molecular weight is 402 g/mol. The lowest BCUT2D eigenvalue weighted by Gasteiger charge is -2.34. The molecule has 2 amide bonds. The van der Waals surface area contributed by atoms with E-state index in [0.29, 0.717) is 25.4 Å². The Bertz CT molecular complexity index is 947. The number of nitrogens with one attached hydrogen (secondary N) is 1. The molecule has 5 nitrogen and oxygen atoms in total. The van der Waals surface area contributed by atoms with Crippen molar-refractivity contribution in [3.05, 3.63) is 95.9 Å². The van der Waals surface area contributed by atoms with Gasteiger partial charge < -0.3 is 14.6 Å². The number of amides is 2. The normalized spacial score (nSPS) is 15.5. The van der Waals surface area contributed by atoms with Gasteiger partial charge in [0.25, 0.3) is 5.91 Å². The second kappa shape index (κ2) is 9.44. The van der Waals surface area contributed by atoms with Crippen LogP contribution >= 0.6 is 0 Å². The summed E-state index contributed by atoms with van der Waals surface area (Å²) in [7, 11) is 0. The summed E-state index contributed by atoms with van der Waals surface area (Å²) in [6.45, 7) is 1.39. The van der Waals surface area contributed by atoms with Crippen molar-refractivity contribution in [2.24, 2.45) is 0 Å². The highest BCUT2D eigenvalue weighted by Crippen LogP contribution is 2.28. The Kier molecular flexibility index (Phi) is 6.28. The molecular formula is C25H26N2O3. The molecule has 5 heteroatoms. The van der Waals surface area contributed by atoms with E-state index in [4.69, 9.17) is 4.42 Å². The summed E-state index contributed by atoms with van der Waals surface area (Å²) < 4.78 is 5.20. The van der Waals surface area contributed by atoms with Crippen molar-refractivity contribution in [1.82, 2.24) is 10.2 Å². The third-order valence-corrected chi connectivity index (χ3v) is 5.71. The van der Waals surface area contributed by atoms with Gasteiger partial charge in [-0.25, -0.2) is 0 Å². The van der Waals surface area contributed by atoms with Gasteiger partial charge in [-0.15, -0.1) is 0 Å². The minimum Gasteiger partial charge on any atom is -0.459 e. The van der Waals surface area contributed by atoms with Crippen molar-refractivity contribution < 1.29 is 14.0 Å². The molecule has 30 heavy (non-hydrogen) atoms. The number of hydrogen-bond donors (Lipinski definition) is 1. The van der Waals surface area contributed by atoms with Gasteiger partial charge in [-0.1, -0.05) is 60.7 Å². The molecule has 2 heterocycles. The second-order valence-corrected chi connectivity index (χ2v) is 7.70. The highest BCUT2D eigenvalue weighted by Gasteiger charge is 2.30. The van der Waals surface area contributed by atoms with Gasteiger partial charge in [0.05, 0.1) is 6.26 Å². The first kappa shape index (κ1) is 20.0. The number of benzene rings is 2. The van der Waals surface area contributed by atoms with Crippen LogP contribution in [0.5, 0.6) is 0 Å². The Morgan fingerprint density at radius 2 is 1.60 bits per heavy atom. The van der Waals surface area contributed by atoms with Crippen LogP contribution in [0, 0.1) is 0 Å². The van der Waals surface area contributed by atoms with E-state index in [1.54, 1.807) is 12.1 Å². The quantitative estimate of drug-likeness (QED) is 0.677. The van der Waals surface area contributed by atoms with Crippen LogP contribution in [0.4, 0.5) is 0 Å². The smallest absolute Gasteiger partial charge is 0.287 e.